The van der Waals surface area contributed by atoms with Gasteiger partial charge >= 0.3 is 0 Å². The van der Waals surface area contributed by atoms with Gasteiger partial charge in [-0.15, -0.1) is 24.0 Å². The van der Waals surface area contributed by atoms with Crippen molar-refractivity contribution in [2.75, 3.05) is 59.0 Å². The highest BCUT2D eigenvalue weighted by atomic mass is 127. The average molecular weight is 558 g/mol. The molecule has 3 rings (SSSR count). The fourth-order valence-corrected chi connectivity index (χ4v) is 3.70. The van der Waals surface area contributed by atoms with E-state index in [1.807, 2.05) is 24.3 Å². The fraction of sp³-hybridized carbons (Fsp3) is 0.435. The number of methoxy groups -OCH3 is 3. The molecule has 176 valence electrons. The van der Waals surface area contributed by atoms with Crippen LogP contribution in [0.5, 0.6) is 17.2 Å². The molecule has 1 saturated heterocycles. The van der Waals surface area contributed by atoms with Gasteiger partial charge in [0.15, 0.2) is 17.5 Å². The standard InChI is InChI=1S/C23H31FN4O3.HI/c1-5-25-23(26-16-17-6-11-20(29-2)22(31-4)21(17)30-3)28-14-12-27(13-15-28)19-9-7-18(24)8-10-19;/h6-11H,5,12-16H2,1-4H3,(H,25,26);1H. The Hall–Kier alpha value is -2.43. The van der Waals surface area contributed by atoms with E-state index in [0.717, 1.165) is 49.9 Å². The minimum atomic E-state index is -0.213. The van der Waals surface area contributed by atoms with Gasteiger partial charge in [-0.25, -0.2) is 9.38 Å². The zero-order chi connectivity index (χ0) is 22.2. The second-order valence-corrected chi connectivity index (χ2v) is 7.11. The highest BCUT2D eigenvalue weighted by Gasteiger charge is 2.21. The molecule has 1 N–H and O–H groups in total. The zero-order valence-electron chi connectivity index (χ0n) is 19.1. The monoisotopic (exact) mass is 558 g/mol. The molecule has 0 saturated carbocycles. The highest BCUT2D eigenvalue weighted by molar-refractivity contribution is 14.0. The van der Waals surface area contributed by atoms with Gasteiger partial charge in [-0.1, -0.05) is 0 Å². The molecule has 0 bridgehead atoms. The Morgan fingerprint density at radius 1 is 0.938 bits per heavy atom. The first-order valence-electron chi connectivity index (χ1n) is 10.4. The number of rotatable bonds is 7. The van der Waals surface area contributed by atoms with Gasteiger partial charge in [0.25, 0.3) is 0 Å². The van der Waals surface area contributed by atoms with E-state index in [4.69, 9.17) is 19.2 Å². The van der Waals surface area contributed by atoms with Crippen LogP contribution < -0.4 is 24.4 Å². The summed E-state index contributed by atoms with van der Waals surface area (Å²) in [6.07, 6.45) is 0. The van der Waals surface area contributed by atoms with E-state index in [9.17, 15) is 4.39 Å². The van der Waals surface area contributed by atoms with Crippen LogP contribution in [-0.4, -0.2) is 64.9 Å². The Balaban J connectivity index is 0.00000363. The third kappa shape index (κ3) is 6.08. The summed E-state index contributed by atoms with van der Waals surface area (Å²) in [6, 6.07) is 10.5. The molecule has 1 aliphatic heterocycles. The molecule has 2 aromatic rings. The van der Waals surface area contributed by atoms with Crippen LogP contribution in [0.4, 0.5) is 10.1 Å². The Morgan fingerprint density at radius 3 is 2.16 bits per heavy atom. The van der Waals surface area contributed by atoms with Crippen molar-refractivity contribution in [2.45, 2.75) is 13.5 Å². The van der Waals surface area contributed by atoms with Crippen molar-refractivity contribution in [2.24, 2.45) is 4.99 Å². The predicted molar refractivity (Wildman–Crippen MR) is 137 cm³/mol. The van der Waals surface area contributed by atoms with Crippen molar-refractivity contribution in [3.8, 4) is 17.2 Å². The van der Waals surface area contributed by atoms with Gasteiger partial charge in [-0.05, 0) is 43.3 Å². The number of aliphatic imine (C=N–C) groups is 1. The van der Waals surface area contributed by atoms with Crippen molar-refractivity contribution >= 4 is 35.6 Å². The number of halogens is 2. The van der Waals surface area contributed by atoms with Gasteiger partial charge < -0.3 is 29.3 Å². The molecule has 0 aromatic heterocycles. The summed E-state index contributed by atoms with van der Waals surface area (Å²) in [5, 5.41) is 3.38. The van der Waals surface area contributed by atoms with E-state index >= 15 is 0 Å². The number of nitrogens with one attached hydrogen (secondary N) is 1. The Labute approximate surface area is 206 Å². The van der Waals surface area contributed by atoms with E-state index in [-0.39, 0.29) is 29.8 Å². The van der Waals surface area contributed by atoms with Crippen molar-refractivity contribution in [3.05, 3.63) is 47.8 Å². The molecule has 7 nitrogen and oxygen atoms in total. The summed E-state index contributed by atoms with van der Waals surface area (Å²) in [6.45, 7) is 6.62. The average Bonchev–Trinajstić information content (AvgIpc) is 2.81. The minimum absolute atomic E-state index is 0. The number of guanidine groups is 1. The number of benzene rings is 2. The highest BCUT2D eigenvalue weighted by Crippen LogP contribution is 2.40. The van der Waals surface area contributed by atoms with E-state index in [2.05, 4.69) is 22.0 Å². The largest absolute Gasteiger partial charge is 0.493 e. The number of piperazine rings is 1. The summed E-state index contributed by atoms with van der Waals surface area (Å²) < 4.78 is 29.6. The van der Waals surface area contributed by atoms with Crippen molar-refractivity contribution in [1.29, 1.82) is 0 Å². The van der Waals surface area contributed by atoms with Crippen LogP contribution in [0.15, 0.2) is 41.4 Å². The van der Waals surface area contributed by atoms with E-state index in [1.165, 1.54) is 12.1 Å². The summed E-state index contributed by atoms with van der Waals surface area (Å²) >= 11 is 0. The summed E-state index contributed by atoms with van der Waals surface area (Å²) in [5.41, 5.74) is 1.96. The quantitative estimate of drug-likeness (QED) is 0.318. The normalized spacial score (nSPS) is 14.0. The second-order valence-electron chi connectivity index (χ2n) is 7.11. The Morgan fingerprint density at radius 2 is 1.59 bits per heavy atom. The molecule has 1 fully saturated rings. The molecule has 32 heavy (non-hydrogen) atoms. The first-order chi connectivity index (χ1) is 15.1. The maximum absolute atomic E-state index is 13.2. The lowest BCUT2D eigenvalue weighted by Crippen LogP contribution is -2.52. The van der Waals surface area contributed by atoms with Crippen molar-refractivity contribution < 1.29 is 18.6 Å². The Bertz CT molecular complexity index is 888. The van der Waals surface area contributed by atoms with Crippen LogP contribution in [0.3, 0.4) is 0 Å². The lowest BCUT2D eigenvalue weighted by Gasteiger charge is -2.37. The molecule has 0 spiro atoms. The van der Waals surface area contributed by atoms with Gasteiger partial charge in [-0.3, -0.25) is 0 Å². The van der Waals surface area contributed by atoms with Crippen LogP contribution in [0.25, 0.3) is 0 Å². The number of anilines is 1. The number of ether oxygens (including phenoxy) is 3. The topological polar surface area (TPSA) is 58.6 Å². The van der Waals surface area contributed by atoms with Gasteiger partial charge in [0.2, 0.25) is 5.75 Å². The molecule has 1 aliphatic rings. The van der Waals surface area contributed by atoms with Crippen molar-refractivity contribution in [3.63, 3.8) is 0 Å². The van der Waals surface area contributed by atoms with E-state index < -0.39 is 0 Å². The molecular formula is C23H32FIN4O3. The molecular weight excluding hydrogens is 526 g/mol. The number of hydrogen-bond donors (Lipinski definition) is 1. The second kappa shape index (κ2) is 12.6. The summed E-state index contributed by atoms with van der Waals surface area (Å²) in [7, 11) is 4.81. The van der Waals surface area contributed by atoms with Gasteiger partial charge in [-0.2, -0.15) is 0 Å². The van der Waals surface area contributed by atoms with Crippen LogP contribution in [-0.2, 0) is 6.54 Å². The van der Waals surface area contributed by atoms with Crippen LogP contribution >= 0.6 is 24.0 Å². The molecule has 0 amide bonds. The zero-order valence-corrected chi connectivity index (χ0v) is 21.4. The molecule has 2 aromatic carbocycles. The van der Waals surface area contributed by atoms with E-state index in [1.54, 1.807) is 21.3 Å². The van der Waals surface area contributed by atoms with Crippen LogP contribution in [0.1, 0.15) is 12.5 Å². The number of nitrogens with zero attached hydrogens (tertiary/aromatic N) is 3. The third-order valence-corrected chi connectivity index (χ3v) is 5.29. The lowest BCUT2D eigenvalue weighted by molar-refractivity contribution is 0.322. The van der Waals surface area contributed by atoms with Gasteiger partial charge in [0.05, 0.1) is 27.9 Å². The molecule has 9 heteroatoms. The SMILES string of the molecule is CCNC(=NCc1ccc(OC)c(OC)c1OC)N1CCN(c2ccc(F)cc2)CC1.I. The maximum Gasteiger partial charge on any atom is 0.203 e. The summed E-state index contributed by atoms with van der Waals surface area (Å²) in [4.78, 5) is 9.35. The molecule has 0 aliphatic carbocycles. The van der Waals surface area contributed by atoms with Crippen LogP contribution in [0.2, 0.25) is 0 Å². The fourth-order valence-electron chi connectivity index (χ4n) is 3.70. The first kappa shape index (κ1) is 25.8. The molecule has 0 radical (unpaired) electrons. The number of hydrogen-bond acceptors (Lipinski definition) is 5. The van der Waals surface area contributed by atoms with Crippen LogP contribution in [0, 0.1) is 5.82 Å². The predicted octanol–water partition coefficient (Wildman–Crippen LogP) is 3.76. The smallest absolute Gasteiger partial charge is 0.203 e. The lowest BCUT2D eigenvalue weighted by atomic mass is 10.1. The van der Waals surface area contributed by atoms with Gasteiger partial charge in [0, 0.05) is 44.0 Å². The minimum Gasteiger partial charge on any atom is -0.493 e. The van der Waals surface area contributed by atoms with Gasteiger partial charge in [0.1, 0.15) is 5.82 Å². The van der Waals surface area contributed by atoms with Crippen molar-refractivity contribution in [1.82, 2.24) is 10.2 Å². The molecule has 0 atom stereocenters. The maximum atomic E-state index is 13.2. The summed E-state index contributed by atoms with van der Waals surface area (Å²) in [5.74, 6) is 2.46. The van der Waals surface area contributed by atoms with E-state index in [0.29, 0.717) is 23.8 Å². The third-order valence-electron chi connectivity index (χ3n) is 5.29. The first-order valence-corrected chi connectivity index (χ1v) is 10.4. The molecule has 0 unspecified atom stereocenters. The Kier molecular flexibility index (Phi) is 10.1. The molecule has 1 heterocycles.